The van der Waals surface area contributed by atoms with Gasteiger partial charge in [-0.15, -0.1) is 0 Å². The molecule has 5 heteroatoms. The Morgan fingerprint density at radius 3 is 3.20 bits per heavy atom. The maximum Gasteiger partial charge on any atom is 0.0753 e. The molecule has 84 valence electrons. The van der Waals surface area contributed by atoms with E-state index in [2.05, 4.69) is 15.1 Å². The number of thioether (sulfide) groups is 1. The Morgan fingerprint density at radius 1 is 1.67 bits per heavy atom. The molecule has 1 aliphatic heterocycles. The van der Waals surface area contributed by atoms with Crippen molar-refractivity contribution in [3.63, 3.8) is 0 Å². The van der Waals surface area contributed by atoms with Crippen LogP contribution in [-0.4, -0.2) is 40.8 Å². The molecule has 0 spiro atoms. The Kier molecular flexibility index (Phi) is 3.91. The zero-order valence-electron chi connectivity index (χ0n) is 8.85. The third kappa shape index (κ3) is 2.66. The molecule has 0 bridgehead atoms. The van der Waals surface area contributed by atoms with Crippen LogP contribution in [0.3, 0.4) is 0 Å². The van der Waals surface area contributed by atoms with Gasteiger partial charge >= 0.3 is 0 Å². The number of aromatic amines is 1. The molecule has 1 fully saturated rings. The van der Waals surface area contributed by atoms with Crippen molar-refractivity contribution in [1.82, 2.24) is 10.2 Å². The smallest absolute Gasteiger partial charge is 0.0753 e. The van der Waals surface area contributed by atoms with E-state index in [-0.39, 0.29) is 0 Å². The normalized spacial score (nSPS) is 21.5. The number of nitrogens with zero attached hydrogens (tertiary/aromatic N) is 2. The highest BCUT2D eigenvalue weighted by molar-refractivity contribution is 7.99. The molecule has 1 unspecified atom stereocenters. The van der Waals surface area contributed by atoms with Crippen LogP contribution < -0.4 is 10.6 Å². The Labute approximate surface area is 94.6 Å². The summed E-state index contributed by atoms with van der Waals surface area (Å²) in [5.41, 5.74) is 6.84. The highest BCUT2D eigenvalue weighted by atomic mass is 32.2. The average molecular weight is 226 g/mol. The molecule has 1 aromatic rings. The first-order chi connectivity index (χ1) is 7.42. The number of H-pyrrole nitrogens is 1. The molecular weight excluding hydrogens is 208 g/mol. The molecule has 2 rings (SSSR count). The Morgan fingerprint density at radius 2 is 2.60 bits per heavy atom. The summed E-state index contributed by atoms with van der Waals surface area (Å²) >= 11 is 2.04. The van der Waals surface area contributed by atoms with Crippen LogP contribution in [0.5, 0.6) is 0 Å². The van der Waals surface area contributed by atoms with Crippen molar-refractivity contribution in [1.29, 1.82) is 0 Å². The first-order valence-corrected chi connectivity index (χ1v) is 6.60. The third-order valence-electron chi connectivity index (χ3n) is 2.76. The van der Waals surface area contributed by atoms with Crippen molar-refractivity contribution in [2.24, 2.45) is 5.73 Å². The van der Waals surface area contributed by atoms with E-state index in [1.54, 1.807) is 0 Å². The summed E-state index contributed by atoms with van der Waals surface area (Å²) in [6, 6.07) is 0.630. The Bertz CT molecular complexity index is 269. The van der Waals surface area contributed by atoms with Gasteiger partial charge in [0.05, 0.1) is 11.9 Å². The van der Waals surface area contributed by atoms with Crippen LogP contribution in [-0.2, 0) is 0 Å². The number of hydrogen-bond donors (Lipinski definition) is 2. The van der Waals surface area contributed by atoms with Gasteiger partial charge in [-0.3, -0.25) is 5.10 Å². The van der Waals surface area contributed by atoms with Gasteiger partial charge in [-0.25, -0.2) is 0 Å². The van der Waals surface area contributed by atoms with E-state index in [0.717, 1.165) is 6.54 Å². The summed E-state index contributed by atoms with van der Waals surface area (Å²) in [5.74, 6) is 2.52. The fraction of sp³-hybridized carbons (Fsp3) is 0.700. The monoisotopic (exact) mass is 226 g/mol. The zero-order chi connectivity index (χ0) is 10.5. The molecule has 0 radical (unpaired) electrons. The van der Waals surface area contributed by atoms with E-state index in [0.29, 0.717) is 12.6 Å². The second kappa shape index (κ2) is 5.42. The highest BCUT2D eigenvalue weighted by Crippen LogP contribution is 2.25. The summed E-state index contributed by atoms with van der Waals surface area (Å²) < 4.78 is 0. The summed E-state index contributed by atoms with van der Waals surface area (Å²) in [7, 11) is 0. The lowest BCUT2D eigenvalue weighted by Crippen LogP contribution is -2.41. The number of anilines is 1. The highest BCUT2D eigenvalue weighted by Gasteiger charge is 2.21. The van der Waals surface area contributed by atoms with E-state index in [4.69, 9.17) is 5.73 Å². The van der Waals surface area contributed by atoms with E-state index in [9.17, 15) is 0 Å². The lowest BCUT2D eigenvalue weighted by Gasteiger charge is -2.34. The molecule has 1 aromatic heterocycles. The minimum atomic E-state index is 0.630. The van der Waals surface area contributed by atoms with Gasteiger partial charge in [0.1, 0.15) is 0 Å². The first kappa shape index (κ1) is 10.8. The average Bonchev–Trinajstić information content (AvgIpc) is 2.80. The predicted octanol–water partition coefficient (Wildman–Crippen LogP) is 1.07. The van der Waals surface area contributed by atoms with Crippen molar-refractivity contribution >= 4 is 17.4 Å². The predicted molar refractivity (Wildman–Crippen MR) is 65.3 cm³/mol. The molecular formula is C10H18N4S. The number of rotatable bonds is 4. The van der Waals surface area contributed by atoms with Gasteiger partial charge in [-0.1, -0.05) is 0 Å². The zero-order valence-corrected chi connectivity index (χ0v) is 9.67. The second-order valence-electron chi connectivity index (χ2n) is 3.81. The van der Waals surface area contributed by atoms with Gasteiger partial charge in [0.25, 0.3) is 0 Å². The molecule has 0 saturated carbocycles. The molecule has 1 aliphatic rings. The van der Waals surface area contributed by atoms with Crippen molar-refractivity contribution < 1.29 is 0 Å². The Balaban J connectivity index is 2.04. The van der Waals surface area contributed by atoms with Crippen LogP contribution in [0.15, 0.2) is 12.4 Å². The largest absolute Gasteiger partial charge is 0.364 e. The summed E-state index contributed by atoms with van der Waals surface area (Å²) in [6.07, 6.45) is 6.43. The molecule has 1 atom stereocenters. The SMILES string of the molecule is NCCN(c1cn[nH]c1)C1CCCSC1. The van der Waals surface area contributed by atoms with Gasteiger partial charge < -0.3 is 10.6 Å². The van der Waals surface area contributed by atoms with Crippen molar-refractivity contribution in [2.75, 3.05) is 29.5 Å². The molecule has 0 aromatic carbocycles. The number of nitrogens with one attached hydrogen (secondary N) is 1. The van der Waals surface area contributed by atoms with Gasteiger partial charge in [0, 0.05) is 31.1 Å². The Hall–Kier alpha value is -0.680. The molecule has 0 aliphatic carbocycles. The maximum atomic E-state index is 5.66. The number of hydrogen-bond acceptors (Lipinski definition) is 4. The van der Waals surface area contributed by atoms with Crippen molar-refractivity contribution in [3.05, 3.63) is 12.4 Å². The summed E-state index contributed by atoms with van der Waals surface area (Å²) in [4.78, 5) is 2.38. The van der Waals surface area contributed by atoms with E-state index in [1.165, 1.54) is 30.0 Å². The minimum Gasteiger partial charge on any atom is -0.364 e. The van der Waals surface area contributed by atoms with Crippen LogP contribution in [0.1, 0.15) is 12.8 Å². The van der Waals surface area contributed by atoms with Crippen LogP contribution >= 0.6 is 11.8 Å². The maximum absolute atomic E-state index is 5.66. The van der Waals surface area contributed by atoms with E-state index >= 15 is 0 Å². The van der Waals surface area contributed by atoms with Crippen LogP contribution in [0, 0.1) is 0 Å². The van der Waals surface area contributed by atoms with Gasteiger partial charge in [-0.2, -0.15) is 16.9 Å². The first-order valence-electron chi connectivity index (χ1n) is 5.45. The van der Waals surface area contributed by atoms with Gasteiger partial charge in [0.2, 0.25) is 0 Å². The van der Waals surface area contributed by atoms with Crippen molar-refractivity contribution in [3.8, 4) is 0 Å². The van der Waals surface area contributed by atoms with E-state index in [1.807, 2.05) is 24.2 Å². The second-order valence-corrected chi connectivity index (χ2v) is 4.96. The molecule has 15 heavy (non-hydrogen) atoms. The number of aromatic nitrogens is 2. The topological polar surface area (TPSA) is 57.9 Å². The third-order valence-corrected chi connectivity index (χ3v) is 3.96. The summed E-state index contributed by atoms with van der Waals surface area (Å²) in [5, 5.41) is 6.87. The lowest BCUT2D eigenvalue weighted by molar-refractivity contribution is 0.580. The molecule has 4 nitrogen and oxygen atoms in total. The molecule has 1 saturated heterocycles. The molecule has 2 heterocycles. The van der Waals surface area contributed by atoms with Crippen LogP contribution in [0.4, 0.5) is 5.69 Å². The minimum absolute atomic E-state index is 0.630. The van der Waals surface area contributed by atoms with Crippen LogP contribution in [0.25, 0.3) is 0 Å². The molecule has 0 amide bonds. The quantitative estimate of drug-likeness (QED) is 0.806. The number of nitrogens with two attached hydrogens (primary N) is 1. The van der Waals surface area contributed by atoms with Gasteiger partial charge in [-0.05, 0) is 18.6 Å². The lowest BCUT2D eigenvalue weighted by atomic mass is 10.1. The van der Waals surface area contributed by atoms with E-state index < -0.39 is 0 Å². The fourth-order valence-electron chi connectivity index (χ4n) is 2.03. The summed E-state index contributed by atoms with van der Waals surface area (Å²) in [6.45, 7) is 1.62. The fourth-order valence-corrected chi connectivity index (χ4v) is 3.19. The molecule has 3 N–H and O–H groups in total. The van der Waals surface area contributed by atoms with Crippen molar-refractivity contribution in [2.45, 2.75) is 18.9 Å². The van der Waals surface area contributed by atoms with Gasteiger partial charge in [0.15, 0.2) is 0 Å². The van der Waals surface area contributed by atoms with Crippen LogP contribution in [0.2, 0.25) is 0 Å². The standard InChI is InChI=1S/C10H18N4S/c11-3-4-14(10-6-12-13-7-10)9-2-1-5-15-8-9/h6-7,9H,1-5,8,11H2,(H,12,13).